The zero-order chi connectivity index (χ0) is 24.2. The molecular weight excluding hydrogens is 433 g/mol. The summed E-state index contributed by atoms with van der Waals surface area (Å²) in [5.41, 5.74) is 3.85. The van der Waals surface area contributed by atoms with Crippen molar-refractivity contribution in [3.8, 4) is 0 Å². The summed E-state index contributed by atoms with van der Waals surface area (Å²) in [7, 11) is 1.33. The number of Topliss-reactive ketones (excluding diaryl/α,β-unsaturated/α-hetero) is 1. The van der Waals surface area contributed by atoms with Gasteiger partial charge >= 0.3 is 5.97 Å². The molecule has 2 aromatic carbocycles. The van der Waals surface area contributed by atoms with Crippen LogP contribution in [-0.4, -0.2) is 36.4 Å². The predicted octanol–water partition coefficient (Wildman–Crippen LogP) is 5.05. The lowest BCUT2D eigenvalue weighted by Gasteiger charge is -2.35. The fourth-order valence-electron chi connectivity index (χ4n) is 4.31. The molecule has 0 saturated heterocycles. The Bertz CT molecular complexity index is 1180. The molecule has 1 aliphatic carbocycles. The van der Waals surface area contributed by atoms with E-state index < -0.39 is 17.9 Å². The van der Waals surface area contributed by atoms with Crippen LogP contribution < -0.4 is 0 Å². The van der Waals surface area contributed by atoms with E-state index in [1.165, 1.54) is 19.2 Å². The second-order valence-electron chi connectivity index (χ2n) is 8.87. The predicted molar refractivity (Wildman–Crippen MR) is 128 cm³/mol. The highest BCUT2D eigenvalue weighted by atomic mass is 19.1. The maximum Gasteiger partial charge on any atom is 0.355 e. The lowest BCUT2D eigenvalue weighted by Crippen LogP contribution is -2.35. The molecule has 176 valence electrons. The summed E-state index contributed by atoms with van der Waals surface area (Å²) in [6, 6.07) is 15.7. The van der Waals surface area contributed by atoms with Crippen LogP contribution >= 0.6 is 0 Å². The smallest absolute Gasteiger partial charge is 0.355 e. The summed E-state index contributed by atoms with van der Waals surface area (Å²) < 4.78 is 25.3. The first-order valence-electron chi connectivity index (χ1n) is 11.3. The summed E-state index contributed by atoms with van der Waals surface area (Å²) in [5.74, 6) is -0.757. The van der Waals surface area contributed by atoms with Gasteiger partial charge in [-0.25, -0.2) is 9.18 Å². The van der Waals surface area contributed by atoms with E-state index in [-0.39, 0.29) is 24.7 Å². The van der Waals surface area contributed by atoms with E-state index in [1.54, 1.807) is 18.2 Å². The highest BCUT2D eigenvalue weighted by Gasteiger charge is 2.36. The highest BCUT2D eigenvalue weighted by Crippen LogP contribution is 2.42. The number of ether oxygens (including phenoxy) is 2. The van der Waals surface area contributed by atoms with E-state index in [0.717, 1.165) is 11.1 Å². The first kappa shape index (κ1) is 23.6. The van der Waals surface area contributed by atoms with Crippen molar-refractivity contribution in [2.75, 3.05) is 13.7 Å². The minimum Gasteiger partial charge on any atom is -0.464 e. The average Bonchev–Trinajstić information content (AvgIpc) is 2.82. The van der Waals surface area contributed by atoms with Crippen LogP contribution in [-0.2, 0) is 25.7 Å². The second-order valence-corrected chi connectivity index (χ2v) is 8.87. The van der Waals surface area contributed by atoms with Gasteiger partial charge in [0.1, 0.15) is 17.6 Å². The number of hydrogen-bond acceptors (Lipinski definition) is 5. The Labute approximate surface area is 199 Å². The molecule has 2 aliphatic rings. The monoisotopic (exact) mass is 461 g/mol. The Kier molecular flexibility index (Phi) is 7.08. The van der Waals surface area contributed by atoms with E-state index in [0.29, 0.717) is 29.0 Å². The summed E-state index contributed by atoms with van der Waals surface area (Å²) in [5, 5.41) is 0. The highest BCUT2D eigenvalue weighted by molar-refractivity contribution is 6.06. The van der Waals surface area contributed by atoms with Crippen LogP contribution in [0.1, 0.15) is 31.4 Å². The van der Waals surface area contributed by atoms with Gasteiger partial charge in [-0.15, -0.1) is 0 Å². The minimum atomic E-state index is -0.772. The van der Waals surface area contributed by atoms with Crippen LogP contribution in [0.2, 0.25) is 0 Å². The molecule has 0 spiro atoms. The number of nitrogens with zero attached hydrogens (tertiary/aromatic N) is 1. The van der Waals surface area contributed by atoms with Crippen molar-refractivity contribution in [1.82, 2.24) is 4.90 Å². The van der Waals surface area contributed by atoms with Gasteiger partial charge in [0.15, 0.2) is 5.78 Å². The molecule has 0 aromatic heterocycles. The SMILES string of the molecule is COC(=O)C1=C(c2cccc(F)c2)C2=CC(OCc3ccccc3)C(=O)CC2=CN1CC(C)C. The molecule has 1 unspecified atom stereocenters. The number of rotatable bonds is 7. The Morgan fingerprint density at radius 1 is 1.15 bits per heavy atom. The van der Waals surface area contributed by atoms with Gasteiger partial charge in [-0.3, -0.25) is 4.79 Å². The Hall–Kier alpha value is -3.51. The van der Waals surface area contributed by atoms with Crippen molar-refractivity contribution < 1.29 is 23.5 Å². The molecule has 34 heavy (non-hydrogen) atoms. The van der Waals surface area contributed by atoms with Gasteiger partial charge in [0.25, 0.3) is 0 Å². The normalized spacial score (nSPS) is 18.0. The minimum absolute atomic E-state index is 0.0597. The molecule has 4 rings (SSSR count). The van der Waals surface area contributed by atoms with Crippen LogP contribution in [0.25, 0.3) is 5.57 Å². The zero-order valence-corrected chi connectivity index (χ0v) is 19.6. The molecule has 1 heterocycles. The number of carbonyl (C=O) groups excluding carboxylic acids is 2. The molecule has 0 N–H and O–H groups in total. The van der Waals surface area contributed by atoms with Crippen molar-refractivity contribution in [1.29, 1.82) is 0 Å². The topological polar surface area (TPSA) is 55.8 Å². The second kappa shape index (κ2) is 10.2. The van der Waals surface area contributed by atoms with Gasteiger partial charge in [0.2, 0.25) is 0 Å². The van der Waals surface area contributed by atoms with Crippen molar-refractivity contribution in [2.45, 2.75) is 33.0 Å². The van der Waals surface area contributed by atoms with E-state index in [9.17, 15) is 14.0 Å². The number of esters is 1. The average molecular weight is 462 g/mol. The van der Waals surface area contributed by atoms with Crippen LogP contribution in [0.5, 0.6) is 0 Å². The molecule has 0 saturated carbocycles. The number of ketones is 1. The fraction of sp³-hybridized carbons (Fsp3) is 0.286. The molecule has 0 radical (unpaired) electrons. The van der Waals surface area contributed by atoms with Gasteiger partial charge in [-0.2, -0.15) is 0 Å². The molecule has 2 aromatic rings. The van der Waals surface area contributed by atoms with Gasteiger partial charge in [0, 0.05) is 24.7 Å². The summed E-state index contributed by atoms with van der Waals surface area (Å²) in [6.45, 7) is 4.91. The molecule has 1 atom stereocenters. The van der Waals surface area contributed by atoms with Crippen molar-refractivity contribution in [2.24, 2.45) is 5.92 Å². The van der Waals surface area contributed by atoms with Crippen LogP contribution in [0, 0.1) is 11.7 Å². The number of carbonyl (C=O) groups is 2. The lowest BCUT2D eigenvalue weighted by molar-refractivity contribution is -0.137. The lowest BCUT2D eigenvalue weighted by atomic mass is 9.81. The standard InChI is InChI=1S/C28H28FNO4/c1-18(2)15-30-16-21-13-24(31)25(34-17-19-8-5-4-6-9-19)14-23(21)26(27(30)28(32)33-3)20-10-7-11-22(29)12-20/h4-12,14,16,18,25H,13,15,17H2,1-3H3. The maximum atomic E-state index is 14.2. The summed E-state index contributed by atoms with van der Waals surface area (Å²) >= 11 is 0. The first-order chi connectivity index (χ1) is 16.4. The summed E-state index contributed by atoms with van der Waals surface area (Å²) in [4.78, 5) is 27.8. The number of methoxy groups -OCH3 is 1. The van der Waals surface area contributed by atoms with Gasteiger partial charge in [0.05, 0.1) is 13.7 Å². The fourth-order valence-corrected chi connectivity index (χ4v) is 4.31. The van der Waals surface area contributed by atoms with Crippen LogP contribution in [0.3, 0.4) is 0 Å². The first-order valence-corrected chi connectivity index (χ1v) is 11.3. The molecule has 0 amide bonds. The van der Waals surface area contributed by atoms with Gasteiger partial charge in [-0.05, 0) is 46.4 Å². The molecule has 0 bridgehead atoms. The third kappa shape index (κ3) is 5.02. The van der Waals surface area contributed by atoms with E-state index in [1.807, 2.05) is 55.3 Å². The number of hydrogen-bond donors (Lipinski definition) is 0. The van der Waals surface area contributed by atoms with E-state index in [4.69, 9.17) is 9.47 Å². The van der Waals surface area contributed by atoms with Crippen LogP contribution in [0.15, 0.2) is 83.7 Å². The van der Waals surface area contributed by atoms with Crippen molar-refractivity contribution in [3.05, 3.63) is 101 Å². The number of allylic oxidation sites excluding steroid dienone is 3. The number of fused-ring (bicyclic) bond motifs is 1. The zero-order valence-electron chi connectivity index (χ0n) is 19.6. The van der Waals surface area contributed by atoms with Gasteiger partial charge < -0.3 is 14.4 Å². The van der Waals surface area contributed by atoms with Crippen molar-refractivity contribution in [3.63, 3.8) is 0 Å². The third-order valence-corrected chi connectivity index (χ3v) is 5.78. The van der Waals surface area contributed by atoms with E-state index >= 15 is 0 Å². The Morgan fingerprint density at radius 2 is 1.91 bits per heavy atom. The van der Waals surface area contributed by atoms with Gasteiger partial charge in [-0.1, -0.05) is 56.3 Å². The van der Waals surface area contributed by atoms with E-state index in [2.05, 4.69) is 0 Å². The third-order valence-electron chi connectivity index (χ3n) is 5.78. The molecular formula is C28H28FNO4. The maximum absolute atomic E-state index is 14.2. The molecule has 0 fully saturated rings. The van der Waals surface area contributed by atoms with Crippen LogP contribution in [0.4, 0.5) is 4.39 Å². The molecule has 1 aliphatic heterocycles. The molecule has 6 heteroatoms. The molecule has 5 nitrogen and oxygen atoms in total. The number of benzene rings is 2. The number of halogens is 1. The Morgan fingerprint density at radius 3 is 2.59 bits per heavy atom. The Balaban J connectivity index is 1.82. The van der Waals surface area contributed by atoms with Crippen molar-refractivity contribution >= 4 is 17.3 Å². The quantitative estimate of drug-likeness (QED) is 0.540. The largest absolute Gasteiger partial charge is 0.464 e. The summed E-state index contributed by atoms with van der Waals surface area (Å²) in [6.07, 6.45) is 2.97.